The molecule has 0 aromatic carbocycles. The van der Waals surface area contributed by atoms with E-state index < -0.39 is 5.97 Å². The second-order valence-electron chi connectivity index (χ2n) is 3.51. The van der Waals surface area contributed by atoms with E-state index in [9.17, 15) is 4.79 Å². The van der Waals surface area contributed by atoms with Gasteiger partial charge in [-0.2, -0.15) is 15.0 Å². The third-order valence-electron chi connectivity index (χ3n) is 2.15. The Morgan fingerprint density at radius 3 is 2.95 bits per heavy atom. The third kappa shape index (κ3) is 3.51. The summed E-state index contributed by atoms with van der Waals surface area (Å²) in [5, 5.41) is 18.7. The molecule has 0 aliphatic carbocycles. The molecule has 2 aromatic heterocycles. The van der Waals surface area contributed by atoms with Crippen LogP contribution in [-0.2, 0) is 6.54 Å². The maximum absolute atomic E-state index is 10.6. The van der Waals surface area contributed by atoms with Gasteiger partial charge in [-0.1, -0.05) is 5.21 Å². The lowest BCUT2D eigenvalue weighted by Crippen LogP contribution is -2.13. The van der Waals surface area contributed by atoms with Crippen LogP contribution < -0.4 is 10.1 Å². The predicted molar refractivity (Wildman–Crippen MR) is 66.9 cm³/mol. The topological polar surface area (TPSA) is 128 Å². The van der Waals surface area contributed by atoms with E-state index in [1.54, 1.807) is 0 Å². The van der Waals surface area contributed by atoms with Crippen LogP contribution in [0, 0.1) is 0 Å². The van der Waals surface area contributed by atoms with Gasteiger partial charge in [-0.05, 0) is 11.6 Å². The van der Waals surface area contributed by atoms with E-state index in [4.69, 9.17) is 21.4 Å². The highest BCUT2D eigenvalue weighted by molar-refractivity contribution is 6.28. The van der Waals surface area contributed by atoms with E-state index in [0.717, 1.165) is 0 Å². The predicted octanol–water partition coefficient (Wildman–Crippen LogP) is -0.0646. The van der Waals surface area contributed by atoms with Crippen molar-refractivity contribution in [2.75, 3.05) is 19.0 Å². The molecule has 0 aliphatic heterocycles. The largest absolute Gasteiger partial charge is 0.476 e. The number of aromatic nitrogens is 6. The van der Waals surface area contributed by atoms with Crippen LogP contribution in [0.5, 0.6) is 6.01 Å². The summed E-state index contributed by atoms with van der Waals surface area (Å²) in [5.41, 5.74) is -0.116. The number of halogens is 1. The standard InChI is InChI=1S/C9H10ClN7O3/c1-20-9-13-7(10)12-8(14-9)11-2-3-17-4-5(6(18)19)15-16-17/h4H,2-3H2,1H3,(H,18,19)(H,11,12,13,14). The Kier molecular flexibility index (Phi) is 4.25. The fourth-order valence-corrected chi connectivity index (χ4v) is 1.44. The molecule has 0 amide bonds. The maximum Gasteiger partial charge on any atom is 0.358 e. The van der Waals surface area contributed by atoms with Gasteiger partial charge in [0.25, 0.3) is 0 Å². The number of methoxy groups -OCH3 is 1. The molecule has 0 radical (unpaired) electrons. The highest BCUT2D eigenvalue weighted by atomic mass is 35.5. The van der Waals surface area contributed by atoms with Crippen LogP contribution in [0.25, 0.3) is 0 Å². The molecule has 0 aliphatic rings. The smallest absolute Gasteiger partial charge is 0.358 e. The van der Waals surface area contributed by atoms with Gasteiger partial charge >= 0.3 is 12.0 Å². The van der Waals surface area contributed by atoms with Crippen molar-refractivity contribution in [3.05, 3.63) is 17.2 Å². The molecule has 2 rings (SSSR count). The number of nitrogens with one attached hydrogen (secondary N) is 1. The fourth-order valence-electron chi connectivity index (χ4n) is 1.29. The van der Waals surface area contributed by atoms with Crippen molar-refractivity contribution in [3.63, 3.8) is 0 Å². The molecule has 2 aromatic rings. The van der Waals surface area contributed by atoms with Crippen molar-refractivity contribution in [1.82, 2.24) is 29.9 Å². The monoisotopic (exact) mass is 299 g/mol. The van der Waals surface area contributed by atoms with Gasteiger partial charge in [-0.15, -0.1) is 5.10 Å². The normalized spacial score (nSPS) is 10.3. The number of ether oxygens (including phenoxy) is 1. The SMILES string of the molecule is COc1nc(Cl)nc(NCCn2cc(C(=O)O)nn2)n1. The lowest BCUT2D eigenvalue weighted by atomic mass is 10.5. The molecule has 0 spiro atoms. The molecule has 0 saturated heterocycles. The number of aromatic carboxylic acids is 1. The summed E-state index contributed by atoms with van der Waals surface area (Å²) < 4.78 is 6.24. The number of carbonyl (C=O) groups is 1. The Morgan fingerprint density at radius 2 is 2.30 bits per heavy atom. The zero-order chi connectivity index (χ0) is 14.5. The number of carboxylic acid groups (broad SMARTS) is 1. The summed E-state index contributed by atoms with van der Waals surface area (Å²) in [6.07, 6.45) is 1.32. The highest BCUT2D eigenvalue weighted by Gasteiger charge is 2.08. The maximum atomic E-state index is 10.6. The molecule has 20 heavy (non-hydrogen) atoms. The second-order valence-corrected chi connectivity index (χ2v) is 3.85. The van der Waals surface area contributed by atoms with Crippen LogP contribution in [0.2, 0.25) is 5.28 Å². The molecular weight excluding hydrogens is 290 g/mol. The Hall–Kier alpha value is -2.49. The van der Waals surface area contributed by atoms with Crippen molar-refractivity contribution in [3.8, 4) is 6.01 Å². The Bertz CT molecular complexity index is 617. The minimum Gasteiger partial charge on any atom is -0.476 e. The van der Waals surface area contributed by atoms with Crippen LogP contribution in [0.4, 0.5) is 5.95 Å². The molecule has 2 heterocycles. The van der Waals surface area contributed by atoms with E-state index >= 15 is 0 Å². The molecule has 106 valence electrons. The number of carboxylic acids is 1. The zero-order valence-corrected chi connectivity index (χ0v) is 11.1. The molecular formula is C9H10ClN7O3. The summed E-state index contributed by atoms with van der Waals surface area (Å²) in [6, 6.07) is 0.0985. The van der Waals surface area contributed by atoms with E-state index in [1.165, 1.54) is 18.0 Å². The van der Waals surface area contributed by atoms with Gasteiger partial charge < -0.3 is 15.2 Å². The molecule has 11 heteroatoms. The summed E-state index contributed by atoms with van der Waals surface area (Å²) in [5.74, 6) is -0.876. The lowest BCUT2D eigenvalue weighted by Gasteiger charge is -2.05. The van der Waals surface area contributed by atoms with Gasteiger partial charge in [0, 0.05) is 6.54 Å². The highest BCUT2D eigenvalue weighted by Crippen LogP contribution is 2.10. The first-order valence-electron chi connectivity index (χ1n) is 5.41. The van der Waals surface area contributed by atoms with Gasteiger partial charge in [0.05, 0.1) is 19.9 Å². The van der Waals surface area contributed by atoms with Gasteiger partial charge in [0.1, 0.15) is 0 Å². The fraction of sp³-hybridized carbons (Fsp3) is 0.333. The van der Waals surface area contributed by atoms with Crippen molar-refractivity contribution < 1.29 is 14.6 Å². The number of rotatable bonds is 6. The molecule has 0 atom stereocenters. The molecule has 0 bridgehead atoms. The van der Waals surface area contributed by atoms with Crippen molar-refractivity contribution in [2.45, 2.75) is 6.54 Å². The Labute approximate surface area is 117 Å². The molecule has 0 saturated carbocycles. The van der Waals surface area contributed by atoms with Crippen LogP contribution in [0.1, 0.15) is 10.5 Å². The summed E-state index contributed by atoms with van der Waals surface area (Å²) in [6.45, 7) is 0.776. The zero-order valence-electron chi connectivity index (χ0n) is 10.3. The van der Waals surface area contributed by atoms with Gasteiger partial charge in [0.2, 0.25) is 11.2 Å². The third-order valence-corrected chi connectivity index (χ3v) is 2.32. The minimum atomic E-state index is -1.13. The lowest BCUT2D eigenvalue weighted by molar-refractivity contribution is 0.0690. The van der Waals surface area contributed by atoms with E-state index in [0.29, 0.717) is 13.1 Å². The van der Waals surface area contributed by atoms with Crippen LogP contribution in [0.3, 0.4) is 0 Å². The Morgan fingerprint density at radius 1 is 1.50 bits per heavy atom. The van der Waals surface area contributed by atoms with E-state index in [1.807, 2.05) is 0 Å². The number of anilines is 1. The number of nitrogens with zero attached hydrogens (tertiary/aromatic N) is 6. The van der Waals surface area contributed by atoms with Gasteiger partial charge in [0.15, 0.2) is 5.69 Å². The van der Waals surface area contributed by atoms with Gasteiger partial charge in [-0.3, -0.25) is 0 Å². The van der Waals surface area contributed by atoms with E-state index in [-0.39, 0.29) is 22.9 Å². The molecule has 2 N–H and O–H groups in total. The van der Waals surface area contributed by atoms with Crippen molar-refractivity contribution in [1.29, 1.82) is 0 Å². The second kappa shape index (κ2) is 6.10. The van der Waals surface area contributed by atoms with Crippen LogP contribution >= 0.6 is 11.6 Å². The number of hydrogen-bond acceptors (Lipinski definition) is 8. The summed E-state index contributed by atoms with van der Waals surface area (Å²) in [4.78, 5) is 22.2. The minimum absolute atomic E-state index is 0.00766. The molecule has 0 unspecified atom stereocenters. The first-order valence-corrected chi connectivity index (χ1v) is 5.79. The summed E-state index contributed by atoms with van der Waals surface area (Å²) >= 11 is 5.69. The number of hydrogen-bond donors (Lipinski definition) is 2. The Balaban J connectivity index is 1.92. The average Bonchev–Trinajstić information content (AvgIpc) is 2.87. The van der Waals surface area contributed by atoms with Crippen LogP contribution in [0.15, 0.2) is 6.20 Å². The van der Waals surface area contributed by atoms with E-state index in [2.05, 4.69) is 30.6 Å². The summed E-state index contributed by atoms with van der Waals surface area (Å²) in [7, 11) is 1.41. The molecule has 10 nitrogen and oxygen atoms in total. The quantitative estimate of drug-likeness (QED) is 0.753. The van der Waals surface area contributed by atoms with Crippen molar-refractivity contribution in [2.24, 2.45) is 0 Å². The van der Waals surface area contributed by atoms with Crippen molar-refractivity contribution >= 4 is 23.5 Å². The average molecular weight is 300 g/mol. The van der Waals surface area contributed by atoms with Gasteiger partial charge in [-0.25, -0.2) is 9.48 Å². The molecule has 0 fully saturated rings. The first-order chi connectivity index (χ1) is 9.58. The van der Waals surface area contributed by atoms with Crippen LogP contribution in [-0.4, -0.2) is 54.7 Å². The first kappa shape index (κ1) is 13.9.